The van der Waals surface area contributed by atoms with Gasteiger partial charge >= 0.3 is 0 Å². The van der Waals surface area contributed by atoms with Gasteiger partial charge in [0.15, 0.2) is 5.01 Å². The van der Waals surface area contributed by atoms with Crippen molar-refractivity contribution >= 4 is 34.5 Å². The average Bonchev–Trinajstić information content (AvgIpc) is 2.58. The molecule has 0 saturated carbocycles. The smallest absolute Gasteiger partial charge is 0.206 e. The van der Waals surface area contributed by atoms with Gasteiger partial charge in [-0.2, -0.15) is 0 Å². The lowest BCUT2D eigenvalue weighted by atomic mass is 10.2. The van der Waals surface area contributed by atoms with E-state index in [2.05, 4.69) is 10.2 Å². The molecule has 1 aromatic carbocycles. The second kappa shape index (κ2) is 4.00. The zero-order valence-electron chi connectivity index (χ0n) is 6.97. The van der Waals surface area contributed by atoms with E-state index in [0.717, 1.165) is 23.5 Å². The van der Waals surface area contributed by atoms with Gasteiger partial charge < -0.3 is 0 Å². The molecule has 2 nitrogen and oxygen atoms in total. The molecule has 0 fully saturated rings. The van der Waals surface area contributed by atoms with Gasteiger partial charge in [-0.1, -0.05) is 22.9 Å². The van der Waals surface area contributed by atoms with Gasteiger partial charge in [0.25, 0.3) is 0 Å². The van der Waals surface area contributed by atoms with Crippen molar-refractivity contribution < 1.29 is 8.78 Å². The average molecular weight is 267 g/mol. The molecule has 2 rings (SSSR count). The van der Waals surface area contributed by atoms with E-state index >= 15 is 0 Å². The van der Waals surface area contributed by atoms with E-state index in [9.17, 15) is 8.78 Å². The standard InChI is InChI=1S/C8H2Cl2F2N2S/c9-4-2-5(11)3(1-6(4)12)7-13-14-8(10)15-7/h1-2H. The molecule has 0 saturated heterocycles. The Morgan fingerprint density at radius 2 is 1.80 bits per heavy atom. The summed E-state index contributed by atoms with van der Waals surface area (Å²) in [6.07, 6.45) is 0. The van der Waals surface area contributed by atoms with Crippen LogP contribution in [0.1, 0.15) is 0 Å². The summed E-state index contributed by atoms with van der Waals surface area (Å²) in [5.74, 6) is -1.37. The number of benzene rings is 1. The van der Waals surface area contributed by atoms with E-state index in [1.54, 1.807) is 0 Å². The minimum Gasteiger partial charge on any atom is -0.206 e. The van der Waals surface area contributed by atoms with Crippen LogP contribution in [-0.2, 0) is 0 Å². The number of hydrogen-bond donors (Lipinski definition) is 0. The van der Waals surface area contributed by atoms with Gasteiger partial charge in [0.1, 0.15) is 11.6 Å². The first kappa shape index (κ1) is 10.7. The maximum absolute atomic E-state index is 13.4. The molecule has 0 aliphatic heterocycles. The molecule has 0 radical (unpaired) electrons. The molecule has 0 bridgehead atoms. The molecule has 0 atom stereocenters. The number of nitrogens with zero attached hydrogens (tertiary/aromatic N) is 2. The zero-order chi connectivity index (χ0) is 11.0. The maximum Gasteiger partial charge on any atom is 0.207 e. The van der Waals surface area contributed by atoms with Gasteiger partial charge in [-0.15, -0.1) is 10.2 Å². The summed E-state index contributed by atoms with van der Waals surface area (Å²) in [5, 5.41) is 7.05. The van der Waals surface area contributed by atoms with E-state index in [0.29, 0.717) is 0 Å². The molecule has 0 unspecified atom stereocenters. The second-order valence-corrected chi connectivity index (χ2v) is 4.57. The molecule has 0 N–H and O–H groups in total. The highest BCUT2D eigenvalue weighted by atomic mass is 35.5. The highest BCUT2D eigenvalue weighted by Crippen LogP contribution is 2.30. The van der Waals surface area contributed by atoms with Gasteiger partial charge in [0, 0.05) is 0 Å². The Bertz CT molecular complexity index is 515. The van der Waals surface area contributed by atoms with Crippen LogP contribution in [0.15, 0.2) is 12.1 Å². The van der Waals surface area contributed by atoms with E-state index in [4.69, 9.17) is 23.2 Å². The Kier molecular flexibility index (Phi) is 2.86. The van der Waals surface area contributed by atoms with E-state index in [1.165, 1.54) is 0 Å². The fourth-order valence-electron chi connectivity index (χ4n) is 1.00. The summed E-state index contributed by atoms with van der Waals surface area (Å²) >= 11 is 11.9. The van der Waals surface area contributed by atoms with Crippen LogP contribution >= 0.6 is 34.5 Å². The van der Waals surface area contributed by atoms with Crippen molar-refractivity contribution in [1.29, 1.82) is 0 Å². The lowest BCUT2D eigenvalue weighted by Crippen LogP contribution is -1.87. The number of hydrogen-bond acceptors (Lipinski definition) is 3. The third-order valence-corrected chi connectivity index (χ3v) is 2.98. The first-order chi connectivity index (χ1) is 7.08. The number of halogens is 4. The lowest BCUT2D eigenvalue weighted by Gasteiger charge is -1.99. The van der Waals surface area contributed by atoms with Crippen molar-refractivity contribution in [3.8, 4) is 10.6 Å². The van der Waals surface area contributed by atoms with Gasteiger partial charge in [0.2, 0.25) is 4.47 Å². The highest BCUT2D eigenvalue weighted by Gasteiger charge is 2.14. The van der Waals surface area contributed by atoms with Crippen molar-refractivity contribution in [1.82, 2.24) is 10.2 Å². The summed E-state index contributed by atoms with van der Waals surface area (Å²) in [6.45, 7) is 0. The van der Waals surface area contributed by atoms with Crippen molar-refractivity contribution in [3.63, 3.8) is 0 Å². The minimum atomic E-state index is -0.709. The Morgan fingerprint density at radius 1 is 1.07 bits per heavy atom. The van der Waals surface area contributed by atoms with Crippen LogP contribution in [0.4, 0.5) is 8.78 Å². The van der Waals surface area contributed by atoms with Crippen LogP contribution in [0.25, 0.3) is 10.6 Å². The Morgan fingerprint density at radius 3 is 2.40 bits per heavy atom. The Labute approximate surface area is 97.5 Å². The molecule has 0 spiro atoms. The van der Waals surface area contributed by atoms with Crippen LogP contribution < -0.4 is 0 Å². The summed E-state index contributed by atoms with van der Waals surface area (Å²) < 4.78 is 26.6. The maximum atomic E-state index is 13.4. The molecule has 0 aliphatic carbocycles. The Hall–Kier alpha value is -0.780. The zero-order valence-corrected chi connectivity index (χ0v) is 9.30. The van der Waals surface area contributed by atoms with Gasteiger partial charge in [-0.3, -0.25) is 0 Å². The molecule has 0 aliphatic rings. The van der Waals surface area contributed by atoms with E-state index < -0.39 is 11.6 Å². The summed E-state index contributed by atoms with van der Waals surface area (Å²) in [7, 11) is 0. The fourth-order valence-corrected chi connectivity index (χ4v) is 2.00. The largest absolute Gasteiger partial charge is 0.207 e. The van der Waals surface area contributed by atoms with E-state index in [1.807, 2.05) is 0 Å². The quantitative estimate of drug-likeness (QED) is 0.734. The van der Waals surface area contributed by atoms with Crippen LogP contribution in [0.2, 0.25) is 9.49 Å². The first-order valence-corrected chi connectivity index (χ1v) is 5.29. The third-order valence-electron chi connectivity index (χ3n) is 1.64. The first-order valence-electron chi connectivity index (χ1n) is 3.72. The predicted molar refractivity (Wildman–Crippen MR) is 55.3 cm³/mol. The molecular weight excluding hydrogens is 265 g/mol. The predicted octanol–water partition coefficient (Wildman–Crippen LogP) is 3.79. The third kappa shape index (κ3) is 2.09. The summed E-state index contributed by atoms with van der Waals surface area (Å²) in [5.41, 5.74) is 0.00120. The normalized spacial score (nSPS) is 10.7. The summed E-state index contributed by atoms with van der Waals surface area (Å²) in [4.78, 5) is 0. The Balaban J connectivity index is 2.58. The summed E-state index contributed by atoms with van der Waals surface area (Å²) in [6, 6.07) is 1.86. The lowest BCUT2D eigenvalue weighted by molar-refractivity contribution is 0.603. The highest BCUT2D eigenvalue weighted by molar-refractivity contribution is 7.18. The fraction of sp³-hybridized carbons (Fsp3) is 0. The molecule has 7 heteroatoms. The van der Waals surface area contributed by atoms with Crippen molar-refractivity contribution in [2.75, 3.05) is 0 Å². The van der Waals surface area contributed by atoms with Crippen molar-refractivity contribution in [3.05, 3.63) is 33.3 Å². The molecular formula is C8H2Cl2F2N2S. The van der Waals surface area contributed by atoms with Crippen LogP contribution in [0.5, 0.6) is 0 Å². The molecule has 2 aromatic rings. The van der Waals surface area contributed by atoms with Crippen molar-refractivity contribution in [2.24, 2.45) is 0 Å². The molecule has 1 heterocycles. The van der Waals surface area contributed by atoms with E-state index in [-0.39, 0.29) is 20.1 Å². The van der Waals surface area contributed by atoms with Crippen LogP contribution in [0.3, 0.4) is 0 Å². The van der Waals surface area contributed by atoms with Crippen LogP contribution in [0, 0.1) is 11.6 Å². The molecule has 0 amide bonds. The monoisotopic (exact) mass is 266 g/mol. The number of rotatable bonds is 1. The second-order valence-electron chi connectivity index (χ2n) is 2.61. The molecule has 1 aromatic heterocycles. The SMILES string of the molecule is Fc1cc(-c2nnc(Cl)s2)c(F)cc1Cl. The molecule has 78 valence electrons. The topological polar surface area (TPSA) is 25.8 Å². The molecule has 15 heavy (non-hydrogen) atoms. The number of aromatic nitrogens is 2. The van der Waals surface area contributed by atoms with Gasteiger partial charge in [0.05, 0.1) is 10.6 Å². The van der Waals surface area contributed by atoms with Gasteiger partial charge in [-0.25, -0.2) is 8.78 Å². The van der Waals surface area contributed by atoms with Crippen LogP contribution in [-0.4, -0.2) is 10.2 Å². The minimum absolute atomic E-state index is 0.00120. The van der Waals surface area contributed by atoms with Crippen molar-refractivity contribution in [2.45, 2.75) is 0 Å². The van der Waals surface area contributed by atoms with Gasteiger partial charge in [-0.05, 0) is 23.7 Å².